The molecule has 2 atom stereocenters. The number of aromatic nitrogens is 1. The summed E-state index contributed by atoms with van der Waals surface area (Å²) in [5, 5.41) is 4.96. The van der Waals surface area contributed by atoms with Gasteiger partial charge < -0.3 is 14.3 Å². The van der Waals surface area contributed by atoms with Gasteiger partial charge in [0.05, 0.1) is 6.04 Å². The number of hydrogen-bond donors (Lipinski definition) is 1. The molecule has 5 heteroatoms. The molecule has 2 aromatic carbocycles. The Morgan fingerprint density at radius 1 is 1.03 bits per heavy atom. The number of nitrogens with one attached hydrogen (secondary N) is 1. The number of benzene rings is 2. The molecule has 3 aromatic rings. The molecule has 1 N–H and O–H groups in total. The summed E-state index contributed by atoms with van der Waals surface area (Å²) < 4.78 is 9.14. The van der Waals surface area contributed by atoms with Gasteiger partial charge in [0.15, 0.2) is 8.32 Å². The van der Waals surface area contributed by atoms with Gasteiger partial charge in [-0.15, -0.1) is 0 Å². The van der Waals surface area contributed by atoms with Crippen molar-refractivity contribution in [3.05, 3.63) is 71.4 Å². The maximum atomic E-state index is 12.7. The zero-order valence-electron chi connectivity index (χ0n) is 22.0. The van der Waals surface area contributed by atoms with E-state index in [1.54, 1.807) is 0 Å². The van der Waals surface area contributed by atoms with Crippen LogP contribution in [0.2, 0.25) is 18.1 Å². The highest BCUT2D eigenvalue weighted by Gasteiger charge is 2.49. The second-order valence-electron chi connectivity index (χ2n) is 12.2. The standard InChI is InChI=1S/C30H40N2O2Si/c1-29(2,3)35(4,5)34-20-19-30-17-15-25-27(28(30)31-26(33)16-18-30)23-13-9-10-14-24(23)32(25)21-22-11-7-6-8-12-22/h6-14,28H,15-21H2,1-5H3,(H,31,33)/t28-,30-/m1/s1. The first-order valence-electron chi connectivity index (χ1n) is 13.2. The Bertz CT molecular complexity index is 1220. The topological polar surface area (TPSA) is 43.3 Å². The fourth-order valence-corrected chi connectivity index (χ4v) is 7.00. The molecular formula is C30H40N2O2Si. The lowest BCUT2D eigenvalue weighted by Crippen LogP contribution is -2.50. The van der Waals surface area contributed by atoms with Gasteiger partial charge in [-0.25, -0.2) is 0 Å². The number of para-hydroxylation sites is 1. The molecule has 1 aromatic heterocycles. The molecule has 5 rings (SSSR count). The van der Waals surface area contributed by atoms with Crippen molar-refractivity contribution in [3.63, 3.8) is 0 Å². The van der Waals surface area contributed by atoms with Gasteiger partial charge in [-0.2, -0.15) is 0 Å². The van der Waals surface area contributed by atoms with Gasteiger partial charge in [0, 0.05) is 41.7 Å². The van der Waals surface area contributed by atoms with Gasteiger partial charge >= 0.3 is 0 Å². The molecule has 1 aliphatic heterocycles. The normalized spacial score (nSPS) is 22.5. The largest absolute Gasteiger partial charge is 0.417 e. The van der Waals surface area contributed by atoms with Gasteiger partial charge in [0.1, 0.15) is 0 Å². The summed E-state index contributed by atoms with van der Waals surface area (Å²) in [6, 6.07) is 19.5. The minimum Gasteiger partial charge on any atom is -0.417 e. The van der Waals surface area contributed by atoms with Gasteiger partial charge in [0.2, 0.25) is 5.91 Å². The SMILES string of the molecule is CC(C)(C)[Si](C)(C)OCC[C@@]12CCC(=O)N[C@@H]1c1c(n(Cc3ccccc3)c3ccccc13)CC2. The Kier molecular flexibility index (Phi) is 6.21. The molecule has 1 amide bonds. The summed E-state index contributed by atoms with van der Waals surface area (Å²) >= 11 is 0. The Labute approximate surface area is 211 Å². The molecule has 1 saturated heterocycles. The monoisotopic (exact) mass is 488 g/mol. The molecule has 4 nitrogen and oxygen atoms in total. The Morgan fingerprint density at radius 2 is 1.71 bits per heavy atom. The zero-order chi connectivity index (χ0) is 24.8. The van der Waals surface area contributed by atoms with Crippen LogP contribution in [0.15, 0.2) is 54.6 Å². The van der Waals surface area contributed by atoms with Crippen LogP contribution in [0.5, 0.6) is 0 Å². The Morgan fingerprint density at radius 3 is 2.46 bits per heavy atom. The molecular weight excluding hydrogens is 448 g/mol. The van der Waals surface area contributed by atoms with E-state index in [0.717, 1.165) is 38.8 Å². The molecule has 2 heterocycles. The third kappa shape index (κ3) is 4.38. The minimum atomic E-state index is -1.81. The molecule has 1 fully saturated rings. The quantitative estimate of drug-likeness (QED) is 0.380. The molecule has 0 radical (unpaired) electrons. The van der Waals surface area contributed by atoms with Crippen molar-refractivity contribution in [1.82, 2.24) is 9.88 Å². The van der Waals surface area contributed by atoms with Gasteiger partial charge in [0.25, 0.3) is 0 Å². The lowest BCUT2D eigenvalue weighted by atomic mass is 9.63. The number of carbonyl (C=O) groups excluding carboxylic acids is 1. The second kappa shape index (κ2) is 8.93. The van der Waals surface area contributed by atoms with Crippen LogP contribution in [0.25, 0.3) is 10.9 Å². The zero-order valence-corrected chi connectivity index (χ0v) is 23.0. The summed E-state index contributed by atoms with van der Waals surface area (Å²) in [7, 11) is -1.81. The van der Waals surface area contributed by atoms with E-state index in [1.165, 1.54) is 27.7 Å². The predicted molar refractivity (Wildman–Crippen MR) is 146 cm³/mol. The van der Waals surface area contributed by atoms with Crippen LogP contribution in [0.3, 0.4) is 0 Å². The fourth-order valence-electron chi connectivity index (χ4n) is 5.95. The van der Waals surface area contributed by atoms with Crippen LogP contribution in [0.1, 0.15) is 69.3 Å². The van der Waals surface area contributed by atoms with Crippen molar-refractivity contribution in [2.45, 2.75) is 83.6 Å². The molecule has 2 aliphatic rings. The smallest absolute Gasteiger partial charge is 0.220 e. The van der Waals surface area contributed by atoms with E-state index >= 15 is 0 Å². The first-order valence-corrected chi connectivity index (χ1v) is 16.1. The van der Waals surface area contributed by atoms with E-state index in [9.17, 15) is 4.79 Å². The number of fused-ring (bicyclic) bond motifs is 5. The molecule has 186 valence electrons. The van der Waals surface area contributed by atoms with Gasteiger partial charge in [-0.1, -0.05) is 69.3 Å². The maximum absolute atomic E-state index is 12.7. The van der Waals surface area contributed by atoms with Crippen LogP contribution in [0.4, 0.5) is 0 Å². The van der Waals surface area contributed by atoms with Crippen LogP contribution in [-0.4, -0.2) is 25.4 Å². The predicted octanol–water partition coefficient (Wildman–Crippen LogP) is 6.99. The number of rotatable bonds is 6. The van der Waals surface area contributed by atoms with Crippen LogP contribution < -0.4 is 5.32 Å². The molecule has 0 bridgehead atoms. The van der Waals surface area contributed by atoms with Crippen molar-refractivity contribution in [2.75, 3.05) is 6.61 Å². The molecule has 0 unspecified atom stereocenters. The molecule has 0 spiro atoms. The van der Waals surface area contributed by atoms with Crippen molar-refractivity contribution in [1.29, 1.82) is 0 Å². The summed E-state index contributed by atoms with van der Waals surface area (Å²) in [4.78, 5) is 12.7. The fraction of sp³-hybridized carbons (Fsp3) is 0.500. The maximum Gasteiger partial charge on any atom is 0.220 e. The van der Waals surface area contributed by atoms with Crippen molar-refractivity contribution >= 4 is 25.1 Å². The number of amides is 1. The average molecular weight is 489 g/mol. The third-order valence-electron chi connectivity index (χ3n) is 9.09. The van der Waals surface area contributed by atoms with E-state index in [0.29, 0.717) is 6.42 Å². The van der Waals surface area contributed by atoms with Crippen LogP contribution in [0, 0.1) is 5.41 Å². The van der Waals surface area contributed by atoms with Gasteiger partial charge in [-0.05, 0) is 60.9 Å². The molecule has 1 aliphatic carbocycles. The Balaban J connectivity index is 1.52. The van der Waals surface area contributed by atoms with Crippen LogP contribution >= 0.6 is 0 Å². The summed E-state index contributed by atoms with van der Waals surface area (Å²) in [5.74, 6) is 0.184. The first kappa shape index (κ1) is 24.3. The summed E-state index contributed by atoms with van der Waals surface area (Å²) in [6.07, 6.45) is 4.71. The van der Waals surface area contributed by atoms with E-state index in [1.807, 2.05) is 0 Å². The summed E-state index contributed by atoms with van der Waals surface area (Å²) in [6.45, 7) is 13.2. The highest BCUT2D eigenvalue weighted by atomic mass is 28.4. The van der Waals surface area contributed by atoms with Gasteiger partial charge in [-0.3, -0.25) is 4.79 Å². The second-order valence-corrected chi connectivity index (χ2v) is 17.0. The van der Waals surface area contributed by atoms with Crippen LogP contribution in [-0.2, 0) is 22.2 Å². The lowest BCUT2D eigenvalue weighted by molar-refractivity contribution is -0.127. The first-order chi connectivity index (χ1) is 16.6. The highest BCUT2D eigenvalue weighted by Crippen LogP contribution is 2.54. The Hall–Kier alpha value is -2.37. The minimum absolute atomic E-state index is 0.0532. The number of nitrogens with zero attached hydrogens (tertiary/aromatic N) is 1. The number of carbonyl (C=O) groups is 1. The number of hydrogen-bond acceptors (Lipinski definition) is 2. The lowest BCUT2D eigenvalue weighted by Gasteiger charge is -2.48. The van der Waals surface area contributed by atoms with Crippen molar-refractivity contribution in [3.8, 4) is 0 Å². The van der Waals surface area contributed by atoms with E-state index in [2.05, 4.69) is 98.3 Å². The third-order valence-corrected chi connectivity index (χ3v) is 13.6. The van der Waals surface area contributed by atoms with Crippen molar-refractivity contribution in [2.24, 2.45) is 5.41 Å². The molecule has 35 heavy (non-hydrogen) atoms. The van der Waals surface area contributed by atoms with E-state index in [4.69, 9.17) is 4.43 Å². The highest BCUT2D eigenvalue weighted by molar-refractivity contribution is 6.74. The average Bonchev–Trinajstić information content (AvgIpc) is 3.13. The van der Waals surface area contributed by atoms with Crippen molar-refractivity contribution < 1.29 is 9.22 Å². The summed E-state index contributed by atoms with van der Waals surface area (Å²) in [5.41, 5.74) is 5.38. The van der Waals surface area contributed by atoms with E-state index < -0.39 is 8.32 Å². The molecule has 0 saturated carbocycles. The van der Waals surface area contributed by atoms with E-state index in [-0.39, 0.29) is 22.4 Å². The number of piperidine rings is 1.